The van der Waals surface area contributed by atoms with Gasteiger partial charge >= 0.3 is 0 Å². The fourth-order valence-electron chi connectivity index (χ4n) is 10.00. The summed E-state index contributed by atoms with van der Waals surface area (Å²) in [5.74, 6) is 1.85. The van der Waals surface area contributed by atoms with Crippen molar-refractivity contribution in [2.45, 2.75) is 51.4 Å². The standard InChI is InChI=1S/C55H42N4O/c1-54(2)28-29-55(3,4)44-32-47-42(31-43(44)54)38-18-9-11-21-45(38)59(47)46-27-26-39(36-16-7-8-17-37(36)46)52-56-51(35-25-24-33-14-5-6-15-34(33)30-35)57-53(58-52)41-20-13-23-49-50(41)40-19-10-12-22-48(40)60-49/h5-27,30-32H,28-29H2,1-4H3. The van der Waals surface area contributed by atoms with Gasteiger partial charge in [0.1, 0.15) is 11.2 Å². The van der Waals surface area contributed by atoms with E-state index in [2.05, 4.69) is 166 Å². The second-order valence-corrected chi connectivity index (χ2v) is 17.9. The Bertz CT molecular complexity index is 3570. The molecule has 0 saturated carbocycles. The summed E-state index contributed by atoms with van der Waals surface area (Å²) in [7, 11) is 0. The Morgan fingerprint density at radius 3 is 1.90 bits per heavy atom. The maximum Gasteiger partial charge on any atom is 0.164 e. The lowest BCUT2D eigenvalue weighted by molar-refractivity contribution is 0.332. The zero-order valence-corrected chi connectivity index (χ0v) is 34.1. The first kappa shape index (κ1) is 34.9. The van der Waals surface area contributed by atoms with Crippen LogP contribution in [0.3, 0.4) is 0 Å². The van der Waals surface area contributed by atoms with Crippen LogP contribution in [0.5, 0.6) is 0 Å². The molecule has 0 N–H and O–H groups in total. The minimum Gasteiger partial charge on any atom is -0.456 e. The van der Waals surface area contributed by atoms with Crippen molar-refractivity contribution in [1.82, 2.24) is 19.5 Å². The van der Waals surface area contributed by atoms with Crippen LogP contribution in [0, 0.1) is 0 Å². The van der Waals surface area contributed by atoms with Crippen molar-refractivity contribution >= 4 is 65.3 Å². The van der Waals surface area contributed by atoms with Gasteiger partial charge in [-0.05, 0) is 99.5 Å². The minimum absolute atomic E-state index is 0.0818. The molecule has 0 atom stereocenters. The molecule has 1 aliphatic rings. The fourth-order valence-corrected chi connectivity index (χ4v) is 10.00. The molecule has 0 radical (unpaired) electrons. The number of hydrogen-bond donors (Lipinski definition) is 0. The predicted octanol–water partition coefficient (Wildman–Crippen LogP) is 14.5. The molecule has 60 heavy (non-hydrogen) atoms. The Morgan fingerprint density at radius 2 is 1.08 bits per heavy atom. The number of nitrogens with zero attached hydrogens (tertiary/aromatic N) is 4. The maximum atomic E-state index is 6.34. The van der Waals surface area contributed by atoms with E-state index in [-0.39, 0.29) is 10.8 Å². The second kappa shape index (κ2) is 12.7. The molecular formula is C55H42N4O. The molecule has 5 heteroatoms. The smallest absolute Gasteiger partial charge is 0.164 e. The van der Waals surface area contributed by atoms with Crippen LogP contribution in [-0.4, -0.2) is 19.5 Å². The molecule has 0 unspecified atom stereocenters. The van der Waals surface area contributed by atoms with Gasteiger partial charge < -0.3 is 8.98 Å². The lowest BCUT2D eigenvalue weighted by Crippen LogP contribution is -2.33. The van der Waals surface area contributed by atoms with E-state index in [1.165, 1.54) is 44.7 Å². The first-order chi connectivity index (χ1) is 29.2. The molecule has 3 aromatic heterocycles. The third-order valence-corrected chi connectivity index (χ3v) is 13.3. The van der Waals surface area contributed by atoms with Gasteiger partial charge in [-0.3, -0.25) is 0 Å². The van der Waals surface area contributed by atoms with Gasteiger partial charge in [0.05, 0.1) is 16.7 Å². The van der Waals surface area contributed by atoms with Crippen LogP contribution in [-0.2, 0) is 10.8 Å². The van der Waals surface area contributed by atoms with Crippen molar-refractivity contribution in [3.8, 4) is 39.9 Å². The fraction of sp³-hybridized carbons (Fsp3) is 0.145. The van der Waals surface area contributed by atoms with Gasteiger partial charge in [0.25, 0.3) is 0 Å². The number of furan rings is 1. The van der Waals surface area contributed by atoms with Crippen LogP contribution < -0.4 is 0 Å². The molecular weight excluding hydrogens is 733 g/mol. The average molecular weight is 775 g/mol. The van der Waals surface area contributed by atoms with Crippen LogP contribution in [0.2, 0.25) is 0 Å². The van der Waals surface area contributed by atoms with Gasteiger partial charge in [0.15, 0.2) is 17.5 Å². The molecule has 0 aliphatic heterocycles. The summed E-state index contributed by atoms with van der Waals surface area (Å²) in [6.07, 6.45) is 2.34. The highest BCUT2D eigenvalue weighted by Crippen LogP contribution is 2.49. The van der Waals surface area contributed by atoms with Crippen molar-refractivity contribution in [2.24, 2.45) is 0 Å². The summed E-state index contributed by atoms with van der Waals surface area (Å²) in [5, 5.41) is 9.11. The third kappa shape index (κ3) is 5.21. The molecule has 8 aromatic carbocycles. The zero-order chi connectivity index (χ0) is 40.3. The minimum atomic E-state index is 0.0818. The lowest BCUT2D eigenvalue weighted by Gasteiger charge is -2.42. The molecule has 5 nitrogen and oxygen atoms in total. The predicted molar refractivity (Wildman–Crippen MR) is 248 cm³/mol. The van der Waals surface area contributed by atoms with Crippen LogP contribution in [0.1, 0.15) is 51.7 Å². The van der Waals surface area contributed by atoms with Crippen molar-refractivity contribution in [1.29, 1.82) is 0 Å². The monoisotopic (exact) mass is 774 g/mol. The normalized spacial score (nSPS) is 14.8. The van der Waals surface area contributed by atoms with Crippen molar-refractivity contribution in [3.63, 3.8) is 0 Å². The van der Waals surface area contributed by atoms with E-state index in [0.717, 1.165) is 66.9 Å². The van der Waals surface area contributed by atoms with E-state index < -0.39 is 0 Å². The number of hydrogen-bond acceptors (Lipinski definition) is 4. The van der Waals surface area contributed by atoms with Crippen LogP contribution >= 0.6 is 0 Å². The number of para-hydroxylation sites is 2. The SMILES string of the molecule is CC1(C)CCC(C)(C)c2cc3c(cc21)c1ccccc1n3-c1ccc(-c2nc(-c3ccc4ccccc4c3)nc(-c3cccc4oc5ccccc5c34)n2)c2ccccc12. The molecule has 11 aromatic rings. The van der Waals surface area contributed by atoms with Crippen molar-refractivity contribution < 1.29 is 4.42 Å². The van der Waals surface area contributed by atoms with Crippen LogP contribution in [0.15, 0.2) is 162 Å². The molecule has 3 heterocycles. The maximum absolute atomic E-state index is 6.34. The molecule has 0 fully saturated rings. The Balaban J connectivity index is 1.11. The first-order valence-electron chi connectivity index (χ1n) is 21.0. The van der Waals surface area contributed by atoms with Crippen molar-refractivity contribution in [3.05, 3.63) is 169 Å². The second-order valence-electron chi connectivity index (χ2n) is 17.9. The van der Waals surface area contributed by atoms with E-state index in [1.54, 1.807) is 0 Å². The molecule has 0 saturated heterocycles. The summed E-state index contributed by atoms with van der Waals surface area (Å²) >= 11 is 0. The number of aromatic nitrogens is 4. The molecule has 288 valence electrons. The molecule has 12 rings (SSSR count). The molecule has 0 spiro atoms. The first-order valence-corrected chi connectivity index (χ1v) is 21.0. The van der Waals surface area contributed by atoms with Gasteiger partial charge in [-0.25, -0.2) is 15.0 Å². The summed E-state index contributed by atoms with van der Waals surface area (Å²) in [6, 6.07) is 56.2. The van der Waals surface area contributed by atoms with E-state index in [1.807, 2.05) is 24.3 Å². The highest BCUT2D eigenvalue weighted by atomic mass is 16.3. The van der Waals surface area contributed by atoms with Crippen LogP contribution in [0.25, 0.3) is 105 Å². The highest BCUT2D eigenvalue weighted by Gasteiger charge is 2.38. The Labute approximate surface area is 348 Å². The van der Waals surface area contributed by atoms with E-state index in [4.69, 9.17) is 19.4 Å². The summed E-state index contributed by atoms with van der Waals surface area (Å²) in [5.41, 5.74) is 11.1. The topological polar surface area (TPSA) is 56.7 Å². The third-order valence-electron chi connectivity index (χ3n) is 13.3. The Hall–Kier alpha value is -7.11. The molecule has 0 bridgehead atoms. The summed E-state index contributed by atoms with van der Waals surface area (Å²) < 4.78 is 8.82. The van der Waals surface area contributed by atoms with Gasteiger partial charge in [-0.1, -0.05) is 137 Å². The quantitative estimate of drug-likeness (QED) is 0.179. The average Bonchev–Trinajstić information content (AvgIpc) is 3.82. The Kier molecular flexibility index (Phi) is 7.38. The summed E-state index contributed by atoms with van der Waals surface area (Å²) in [4.78, 5) is 15.9. The van der Waals surface area contributed by atoms with Gasteiger partial charge in [0.2, 0.25) is 0 Å². The van der Waals surface area contributed by atoms with Gasteiger partial charge in [0, 0.05) is 43.6 Å². The van der Waals surface area contributed by atoms with Gasteiger partial charge in [-0.15, -0.1) is 0 Å². The number of rotatable bonds is 4. The number of benzene rings is 8. The van der Waals surface area contributed by atoms with E-state index in [0.29, 0.717) is 17.5 Å². The van der Waals surface area contributed by atoms with Crippen LogP contribution in [0.4, 0.5) is 0 Å². The molecule has 1 aliphatic carbocycles. The van der Waals surface area contributed by atoms with E-state index >= 15 is 0 Å². The van der Waals surface area contributed by atoms with Gasteiger partial charge in [-0.2, -0.15) is 0 Å². The lowest BCUT2D eigenvalue weighted by atomic mass is 9.63. The summed E-state index contributed by atoms with van der Waals surface area (Å²) in [6.45, 7) is 9.64. The highest BCUT2D eigenvalue weighted by molar-refractivity contribution is 6.13. The van der Waals surface area contributed by atoms with Crippen molar-refractivity contribution in [2.75, 3.05) is 0 Å². The number of fused-ring (bicyclic) bond motifs is 9. The molecule has 0 amide bonds. The Morgan fingerprint density at radius 1 is 0.450 bits per heavy atom. The zero-order valence-electron chi connectivity index (χ0n) is 34.1. The van der Waals surface area contributed by atoms with E-state index in [9.17, 15) is 0 Å². The largest absolute Gasteiger partial charge is 0.456 e.